The van der Waals surface area contributed by atoms with Crippen molar-refractivity contribution in [3.63, 3.8) is 0 Å². The molecular weight excluding hydrogens is 222 g/mol. The van der Waals surface area contributed by atoms with E-state index in [1.165, 1.54) is 4.90 Å². The first-order chi connectivity index (χ1) is 7.72. The number of aliphatic carboxylic acids is 1. The molecule has 100 valence electrons. The van der Waals surface area contributed by atoms with E-state index in [2.05, 4.69) is 0 Å². The van der Waals surface area contributed by atoms with Crippen LogP contribution in [-0.4, -0.2) is 41.3 Å². The molecule has 0 saturated carbocycles. The van der Waals surface area contributed by atoms with Crippen LogP contribution in [0.5, 0.6) is 0 Å². The van der Waals surface area contributed by atoms with Crippen molar-refractivity contribution in [2.45, 2.75) is 52.1 Å². The van der Waals surface area contributed by atoms with Crippen molar-refractivity contribution in [1.29, 1.82) is 0 Å². The van der Waals surface area contributed by atoms with Crippen LogP contribution in [0.2, 0.25) is 0 Å². The van der Waals surface area contributed by atoms with Crippen molar-refractivity contribution in [1.82, 2.24) is 4.90 Å². The number of unbranched alkanes of at least 4 members (excludes halogenated alkanes) is 2. The van der Waals surface area contributed by atoms with E-state index in [0.717, 1.165) is 12.8 Å². The standard InChI is InChI=1S/C12H23NO4/c1-12(2,3)17-11(16)13(4)9-7-5-6-8-10(14)15/h5-9H2,1-4H3,(H,14,15). The van der Waals surface area contributed by atoms with Gasteiger partial charge in [0.25, 0.3) is 0 Å². The van der Waals surface area contributed by atoms with Crippen molar-refractivity contribution in [3.8, 4) is 0 Å². The molecule has 0 aromatic rings. The van der Waals surface area contributed by atoms with Gasteiger partial charge in [-0.15, -0.1) is 0 Å². The van der Waals surface area contributed by atoms with E-state index >= 15 is 0 Å². The Bertz CT molecular complexity index is 258. The van der Waals surface area contributed by atoms with E-state index in [9.17, 15) is 9.59 Å². The summed E-state index contributed by atoms with van der Waals surface area (Å²) >= 11 is 0. The first kappa shape index (κ1) is 15.7. The zero-order chi connectivity index (χ0) is 13.5. The van der Waals surface area contributed by atoms with Gasteiger partial charge in [-0.2, -0.15) is 0 Å². The van der Waals surface area contributed by atoms with E-state index in [-0.39, 0.29) is 12.5 Å². The molecule has 17 heavy (non-hydrogen) atoms. The molecular formula is C12H23NO4. The molecule has 0 rings (SSSR count). The average Bonchev–Trinajstić information content (AvgIpc) is 2.13. The predicted octanol–water partition coefficient (Wildman–Crippen LogP) is 2.50. The molecule has 1 amide bonds. The third-order valence-electron chi connectivity index (χ3n) is 2.09. The number of carbonyl (C=O) groups excluding carboxylic acids is 1. The Labute approximate surface area is 103 Å². The molecule has 1 N–H and O–H groups in total. The highest BCUT2D eigenvalue weighted by atomic mass is 16.6. The molecule has 0 heterocycles. The minimum absolute atomic E-state index is 0.191. The second kappa shape index (κ2) is 7.14. The van der Waals surface area contributed by atoms with E-state index in [1.54, 1.807) is 7.05 Å². The molecule has 0 aliphatic heterocycles. The van der Waals surface area contributed by atoms with E-state index in [4.69, 9.17) is 9.84 Å². The lowest BCUT2D eigenvalue weighted by Crippen LogP contribution is -2.34. The third kappa shape index (κ3) is 9.66. The highest BCUT2D eigenvalue weighted by Gasteiger charge is 2.18. The van der Waals surface area contributed by atoms with Gasteiger partial charge in [-0.05, 0) is 33.6 Å². The number of carboxylic acid groups (broad SMARTS) is 1. The Morgan fingerprint density at radius 1 is 1.18 bits per heavy atom. The van der Waals surface area contributed by atoms with Crippen LogP contribution < -0.4 is 0 Å². The third-order valence-corrected chi connectivity index (χ3v) is 2.09. The summed E-state index contributed by atoms with van der Waals surface area (Å²) in [5, 5.41) is 8.45. The summed E-state index contributed by atoms with van der Waals surface area (Å²) < 4.78 is 5.19. The molecule has 0 aromatic heterocycles. The maximum absolute atomic E-state index is 11.5. The minimum atomic E-state index is -0.773. The van der Waals surface area contributed by atoms with Crippen LogP contribution in [0.4, 0.5) is 4.79 Å². The molecule has 0 fully saturated rings. The Kier molecular flexibility index (Phi) is 6.61. The first-order valence-corrected chi connectivity index (χ1v) is 5.88. The number of ether oxygens (including phenoxy) is 1. The summed E-state index contributed by atoms with van der Waals surface area (Å²) in [6, 6.07) is 0. The summed E-state index contributed by atoms with van der Waals surface area (Å²) in [7, 11) is 1.69. The molecule has 0 aliphatic carbocycles. The van der Waals surface area contributed by atoms with Gasteiger partial charge in [0, 0.05) is 20.0 Å². The second-order valence-electron chi connectivity index (χ2n) is 5.11. The van der Waals surface area contributed by atoms with Crippen molar-refractivity contribution < 1.29 is 19.4 Å². The number of carbonyl (C=O) groups is 2. The van der Waals surface area contributed by atoms with Gasteiger partial charge in [0.1, 0.15) is 5.60 Å². The molecule has 0 aromatic carbocycles. The van der Waals surface area contributed by atoms with E-state index in [0.29, 0.717) is 13.0 Å². The molecule has 5 heteroatoms. The largest absolute Gasteiger partial charge is 0.481 e. The summed E-state index contributed by atoms with van der Waals surface area (Å²) in [4.78, 5) is 23.3. The smallest absolute Gasteiger partial charge is 0.410 e. The van der Waals surface area contributed by atoms with Crippen LogP contribution in [0.15, 0.2) is 0 Å². The lowest BCUT2D eigenvalue weighted by atomic mass is 10.2. The summed E-state index contributed by atoms with van der Waals surface area (Å²) in [5.41, 5.74) is -0.478. The van der Waals surface area contributed by atoms with Gasteiger partial charge in [-0.3, -0.25) is 4.79 Å². The fourth-order valence-electron chi connectivity index (χ4n) is 1.23. The molecule has 0 atom stereocenters. The van der Waals surface area contributed by atoms with E-state index in [1.807, 2.05) is 20.8 Å². The molecule has 0 saturated heterocycles. The molecule has 0 spiro atoms. The number of amides is 1. The fraction of sp³-hybridized carbons (Fsp3) is 0.833. The van der Waals surface area contributed by atoms with Gasteiger partial charge in [0.2, 0.25) is 0 Å². The van der Waals surface area contributed by atoms with Gasteiger partial charge in [-0.1, -0.05) is 6.42 Å². The van der Waals surface area contributed by atoms with Gasteiger partial charge >= 0.3 is 12.1 Å². The van der Waals surface area contributed by atoms with Crippen LogP contribution in [0.25, 0.3) is 0 Å². The Hall–Kier alpha value is -1.26. The fourth-order valence-corrected chi connectivity index (χ4v) is 1.23. The summed E-state index contributed by atoms with van der Waals surface area (Å²) in [6.45, 7) is 6.07. The average molecular weight is 245 g/mol. The number of hydrogen-bond donors (Lipinski definition) is 1. The van der Waals surface area contributed by atoms with Crippen LogP contribution in [-0.2, 0) is 9.53 Å². The highest BCUT2D eigenvalue weighted by molar-refractivity contribution is 5.67. The number of nitrogens with zero attached hydrogens (tertiary/aromatic N) is 1. The van der Waals surface area contributed by atoms with Crippen molar-refractivity contribution in [3.05, 3.63) is 0 Å². The Morgan fingerprint density at radius 2 is 1.76 bits per heavy atom. The lowest BCUT2D eigenvalue weighted by molar-refractivity contribution is -0.137. The van der Waals surface area contributed by atoms with Gasteiger partial charge in [0.05, 0.1) is 0 Å². The SMILES string of the molecule is CN(CCCCCC(=O)O)C(=O)OC(C)(C)C. The van der Waals surface area contributed by atoms with Gasteiger partial charge in [0.15, 0.2) is 0 Å². The van der Waals surface area contributed by atoms with Crippen LogP contribution >= 0.6 is 0 Å². The minimum Gasteiger partial charge on any atom is -0.481 e. The quantitative estimate of drug-likeness (QED) is 0.730. The molecule has 0 aliphatic rings. The van der Waals surface area contributed by atoms with Crippen molar-refractivity contribution >= 4 is 12.1 Å². The molecule has 0 bridgehead atoms. The van der Waals surface area contributed by atoms with Gasteiger partial charge < -0.3 is 14.7 Å². The zero-order valence-corrected chi connectivity index (χ0v) is 11.2. The number of hydrogen-bond acceptors (Lipinski definition) is 3. The lowest BCUT2D eigenvalue weighted by Gasteiger charge is -2.24. The number of rotatable bonds is 6. The summed E-state index contributed by atoms with van der Waals surface area (Å²) in [6.07, 6.45) is 2.10. The highest BCUT2D eigenvalue weighted by Crippen LogP contribution is 2.09. The van der Waals surface area contributed by atoms with Crippen LogP contribution in [0.3, 0.4) is 0 Å². The predicted molar refractivity (Wildman–Crippen MR) is 65.0 cm³/mol. The maximum Gasteiger partial charge on any atom is 0.410 e. The van der Waals surface area contributed by atoms with E-state index < -0.39 is 11.6 Å². The van der Waals surface area contributed by atoms with Crippen LogP contribution in [0.1, 0.15) is 46.5 Å². The van der Waals surface area contributed by atoms with Crippen LogP contribution in [0, 0.1) is 0 Å². The topological polar surface area (TPSA) is 66.8 Å². The first-order valence-electron chi connectivity index (χ1n) is 5.88. The normalized spacial score (nSPS) is 11.1. The van der Waals surface area contributed by atoms with Crippen molar-refractivity contribution in [2.75, 3.05) is 13.6 Å². The Morgan fingerprint density at radius 3 is 2.24 bits per heavy atom. The second-order valence-corrected chi connectivity index (χ2v) is 5.11. The molecule has 0 radical (unpaired) electrons. The molecule has 5 nitrogen and oxygen atoms in total. The Balaban J connectivity index is 3.68. The van der Waals surface area contributed by atoms with Gasteiger partial charge in [-0.25, -0.2) is 4.79 Å². The molecule has 0 unspecified atom stereocenters. The monoisotopic (exact) mass is 245 g/mol. The van der Waals surface area contributed by atoms with Crippen molar-refractivity contribution in [2.24, 2.45) is 0 Å². The summed E-state index contributed by atoms with van der Waals surface area (Å²) in [5.74, 6) is -0.773. The maximum atomic E-state index is 11.5. The zero-order valence-electron chi connectivity index (χ0n) is 11.2. The number of carboxylic acids is 1.